The molecule has 18 heavy (non-hydrogen) atoms. The van der Waals surface area contributed by atoms with E-state index in [2.05, 4.69) is 48.5 Å². The molecule has 0 spiro atoms. The van der Waals surface area contributed by atoms with Crippen LogP contribution in [0.2, 0.25) is 0 Å². The molecular weight excluding hydrogens is 238 g/mol. The third-order valence-corrected chi connectivity index (χ3v) is 4.52. The first-order valence-corrected chi connectivity index (χ1v) is 6.74. The Bertz CT molecular complexity index is 889. The summed E-state index contributed by atoms with van der Waals surface area (Å²) in [7, 11) is 0. The van der Waals surface area contributed by atoms with Crippen molar-refractivity contribution in [2.75, 3.05) is 5.73 Å². The Morgan fingerprint density at radius 3 is 2.56 bits per heavy atom. The maximum absolute atomic E-state index is 5.92. The Labute approximate surface area is 108 Å². The van der Waals surface area contributed by atoms with Crippen molar-refractivity contribution in [3.05, 3.63) is 54.6 Å². The fourth-order valence-electron chi connectivity index (χ4n) is 2.56. The SMILES string of the molecule is Nc1ccc2sc3ccc4ccccc4c3c2c1. The van der Waals surface area contributed by atoms with Crippen molar-refractivity contribution in [3.63, 3.8) is 0 Å². The van der Waals surface area contributed by atoms with Crippen LogP contribution < -0.4 is 5.73 Å². The number of hydrogen-bond donors (Lipinski definition) is 1. The third kappa shape index (κ3) is 1.27. The summed E-state index contributed by atoms with van der Waals surface area (Å²) < 4.78 is 2.63. The van der Waals surface area contributed by atoms with Gasteiger partial charge < -0.3 is 5.73 Å². The van der Waals surface area contributed by atoms with Gasteiger partial charge in [0, 0.05) is 25.9 Å². The summed E-state index contributed by atoms with van der Waals surface area (Å²) in [5, 5.41) is 5.20. The molecule has 86 valence electrons. The number of hydrogen-bond acceptors (Lipinski definition) is 2. The lowest BCUT2D eigenvalue weighted by Gasteiger charge is -2.00. The smallest absolute Gasteiger partial charge is 0.0361 e. The van der Waals surface area contributed by atoms with Gasteiger partial charge in [0.15, 0.2) is 0 Å². The highest BCUT2D eigenvalue weighted by atomic mass is 32.1. The fraction of sp³-hybridized carbons (Fsp3) is 0. The molecule has 0 unspecified atom stereocenters. The number of nitrogen functional groups attached to an aromatic ring is 1. The second-order valence-corrected chi connectivity index (χ2v) is 5.60. The van der Waals surface area contributed by atoms with E-state index >= 15 is 0 Å². The maximum Gasteiger partial charge on any atom is 0.0361 e. The monoisotopic (exact) mass is 249 g/mol. The molecule has 0 saturated carbocycles. The Kier molecular flexibility index (Phi) is 1.91. The first-order valence-electron chi connectivity index (χ1n) is 5.92. The minimum Gasteiger partial charge on any atom is -0.399 e. The second-order valence-electron chi connectivity index (χ2n) is 4.52. The first-order chi connectivity index (χ1) is 8.83. The average Bonchev–Trinajstić information content (AvgIpc) is 2.77. The number of nitrogens with two attached hydrogens (primary N) is 1. The molecule has 3 aromatic carbocycles. The molecule has 1 aromatic heterocycles. The van der Waals surface area contributed by atoms with Crippen molar-refractivity contribution in [1.82, 2.24) is 0 Å². The van der Waals surface area contributed by atoms with Gasteiger partial charge in [-0.1, -0.05) is 30.3 Å². The van der Waals surface area contributed by atoms with Gasteiger partial charge in [-0.2, -0.15) is 0 Å². The van der Waals surface area contributed by atoms with E-state index in [0.29, 0.717) is 0 Å². The molecule has 0 fully saturated rings. The second kappa shape index (κ2) is 3.47. The molecule has 4 rings (SSSR count). The standard InChI is InChI=1S/C16H11NS/c17-11-6-8-14-13(9-11)16-12-4-2-1-3-10(12)5-7-15(16)18-14/h1-9H,17H2. The zero-order valence-corrected chi connectivity index (χ0v) is 10.5. The molecular formula is C16H11NS. The van der Waals surface area contributed by atoms with Gasteiger partial charge in [0.25, 0.3) is 0 Å². The summed E-state index contributed by atoms with van der Waals surface area (Å²) in [5.41, 5.74) is 6.75. The van der Waals surface area contributed by atoms with Gasteiger partial charge >= 0.3 is 0 Å². The molecule has 2 N–H and O–H groups in total. The lowest BCUT2D eigenvalue weighted by Crippen LogP contribution is -1.81. The van der Waals surface area contributed by atoms with E-state index < -0.39 is 0 Å². The minimum atomic E-state index is 0.829. The van der Waals surface area contributed by atoms with Crippen LogP contribution in [0, 0.1) is 0 Å². The predicted octanol–water partition coefficient (Wildman–Crippen LogP) is 4.79. The van der Waals surface area contributed by atoms with Gasteiger partial charge in [0.05, 0.1) is 0 Å². The molecule has 0 radical (unpaired) electrons. The van der Waals surface area contributed by atoms with Crippen LogP contribution in [0.5, 0.6) is 0 Å². The topological polar surface area (TPSA) is 26.0 Å². The average molecular weight is 249 g/mol. The molecule has 1 nitrogen and oxygen atoms in total. The van der Waals surface area contributed by atoms with Crippen molar-refractivity contribution in [1.29, 1.82) is 0 Å². The van der Waals surface area contributed by atoms with E-state index in [1.165, 1.54) is 30.9 Å². The van der Waals surface area contributed by atoms with Crippen molar-refractivity contribution >= 4 is 48.0 Å². The number of benzene rings is 3. The summed E-state index contributed by atoms with van der Waals surface area (Å²) in [6, 6.07) is 19.1. The van der Waals surface area contributed by atoms with E-state index in [9.17, 15) is 0 Å². The van der Waals surface area contributed by atoms with Crippen molar-refractivity contribution in [2.24, 2.45) is 0 Å². The maximum atomic E-state index is 5.92. The Balaban J connectivity index is 2.35. The molecule has 0 aliphatic rings. The van der Waals surface area contributed by atoms with Crippen LogP contribution >= 0.6 is 11.3 Å². The van der Waals surface area contributed by atoms with Crippen LogP contribution in [-0.2, 0) is 0 Å². The normalized spacial score (nSPS) is 11.6. The van der Waals surface area contributed by atoms with E-state index in [1.54, 1.807) is 0 Å². The lowest BCUT2D eigenvalue weighted by atomic mass is 10.0. The van der Waals surface area contributed by atoms with Gasteiger partial charge in [-0.15, -0.1) is 11.3 Å². The number of anilines is 1. The summed E-state index contributed by atoms with van der Waals surface area (Å²) >= 11 is 1.83. The highest BCUT2D eigenvalue weighted by Gasteiger charge is 2.08. The Morgan fingerprint density at radius 1 is 0.778 bits per heavy atom. The lowest BCUT2D eigenvalue weighted by molar-refractivity contribution is 1.79. The van der Waals surface area contributed by atoms with Gasteiger partial charge in [-0.25, -0.2) is 0 Å². The quantitative estimate of drug-likeness (QED) is 0.445. The number of rotatable bonds is 0. The van der Waals surface area contributed by atoms with E-state index in [1.807, 2.05) is 17.4 Å². The molecule has 0 bridgehead atoms. The van der Waals surface area contributed by atoms with Gasteiger partial charge in [-0.05, 0) is 35.0 Å². The fourth-order valence-corrected chi connectivity index (χ4v) is 3.67. The molecule has 1 heterocycles. The third-order valence-electron chi connectivity index (χ3n) is 3.38. The summed E-state index contributed by atoms with van der Waals surface area (Å²) in [5.74, 6) is 0. The van der Waals surface area contributed by atoms with E-state index in [-0.39, 0.29) is 0 Å². The van der Waals surface area contributed by atoms with Gasteiger partial charge in [0.1, 0.15) is 0 Å². The molecule has 0 amide bonds. The van der Waals surface area contributed by atoms with Crippen LogP contribution in [-0.4, -0.2) is 0 Å². The Morgan fingerprint density at radius 2 is 1.61 bits per heavy atom. The minimum absolute atomic E-state index is 0.829. The largest absolute Gasteiger partial charge is 0.399 e. The summed E-state index contributed by atoms with van der Waals surface area (Å²) in [6.45, 7) is 0. The zero-order chi connectivity index (χ0) is 12.1. The molecule has 2 heteroatoms. The van der Waals surface area contributed by atoms with Gasteiger partial charge in [0.2, 0.25) is 0 Å². The van der Waals surface area contributed by atoms with Crippen molar-refractivity contribution in [3.8, 4) is 0 Å². The van der Waals surface area contributed by atoms with Crippen LogP contribution in [0.3, 0.4) is 0 Å². The highest BCUT2D eigenvalue weighted by Crippen LogP contribution is 2.38. The number of fused-ring (bicyclic) bond motifs is 5. The van der Waals surface area contributed by atoms with Crippen molar-refractivity contribution in [2.45, 2.75) is 0 Å². The molecule has 4 aromatic rings. The number of thiophene rings is 1. The molecule has 0 atom stereocenters. The first kappa shape index (κ1) is 9.92. The van der Waals surface area contributed by atoms with Crippen LogP contribution in [0.4, 0.5) is 5.69 Å². The van der Waals surface area contributed by atoms with Gasteiger partial charge in [-0.3, -0.25) is 0 Å². The zero-order valence-electron chi connectivity index (χ0n) is 9.68. The summed E-state index contributed by atoms with van der Waals surface area (Å²) in [6.07, 6.45) is 0. The van der Waals surface area contributed by atoms with Crippen LogP contribution in [0.1, 0.15) is 0 Å². The molecule has 0 aliphatic heterocycles. The van der Waals surface area contributed by atoms with Crippen LogP contribution in [0.15, 0.2) is 54.6 Å². The van der Waals surface area contributed by atoms with E-state index in [4.69, 9.17) is 5.73 Å². The highest BCUT2D eigenvalue weighted by molar-refractivity contribution is 7.26. The van der Waals surface area contributed by atoms with Crippen molar-refractivity contribution < 1.29 is 0 Å². The molecule has 0 aliphatic carbocycles. The summed E-state index contributed by atoms with van der Waals surface area (Å²) in [4.78, 5) is 0. The van der Waals surface area contributed by atoms with E-state index in [0.717, 1.165) is 5.69 Å². The molecule has 0 saturated heterocycles. The van der Waals surface area contributed by atoms with Crippen LogP contribution in [0.25, 0.3) is 30.9 Å². The Hall–Kier alpha value is -2.06. The predicted molar refractivity (Wildman–Crippen MR) is 81.2 cm³/mol.